The Morgan fingerprint density at radius 3 is 1.32 bits per heavy atom. The van der Waals surface area contributed by atoms with E-state index in [2.05, 4.69) is 10.6 Å². The Morgan fingerprint density at radius 2 is 1.00 bits per heavy atom. The van der Waals surface area contributed by atoms with Crippen LogP contribution in [0.25, 0.3) is 22.3 Å². The van der Waals surface area contributed by atoms with Crippen LogP contribution in [0, 0.1) is 11.6 Å². The van der Waals surface area contributed by atoms with Crippen LogP contribution in [-0.2, 0) is 19.1 Å². The maximum atomic E-state index is 13.4. The lowest BCUT2D eigenvalue weighted by Crippen LogP contribution is -2.18. The highest BCUT2D eigenvalue weighted by Crippen LogP contribution is 2.37. The van der Waals surface area contributed by atoms with Gasteiger partial charge in [0.1, 0.15) is 32.8 Å². The molecular formula is C28H22F2N2O6S2. The molecule has 0 atom stereocenters. The van der Waals surface area contributed by atoms with Gasteiger partial charge in [0.25, 0.3) is 0 Å². The van der Waals surface area contributed by atoms with Crippen LogP contribution in [0.4, 0.5) is 18.8 Å². The highest BCUT2D eigenvalue weighted by atomic mass is 32.1. The van der Waals surface area contributed by atoms with Crippen molar-refractivity contribution in [2.45, 2.75) is 12.8 Å². The molecule has 2 heterocycles. The van der Waals surface area contributed by atoms with Gasteiger partial charge in [0.15, 0.2) is 0 Å². The third-order valence-corrected chi connectivity index (χ3v) is 7.55. The van der Waals surface area contributed by atoms with Crippen LogP contribution in [-0.4, -0.2) is 38.0 Å². The van der Waals surface area contributed by atoms with E-state index in [-0.39, 0.29) is 34.0 Å². The second-order valence-corrected chi connectivity index (χ2v) is 10.1. The van der Waals surface area contributed by atoms with E-state index < -0.39 is 35.4 Å². The van der Waals surface area contributed by atoms with Crippen molar-refractivity contribution in [2.75, 3.05) is 24.9 Å². The Balaban J connectivity index is 1.44. The van der Waals surface area contributed by atoms with Gasteiger partial charge in [-0.1, -0.05) is 24.3 Å². The first-order valence-electron chi connectivity index (χ1n) is 11.7. The molecule has 4 aromatic rings. The van der Waals surface area contributed by atoms with Crippen LogP contribution in [0.15, 0.2) is 59.3 Å². The number of nitrogens with one attached hydrogen (secondary N) is 2. The van der Waals surface area contributed by atoms with Crippen molar-refractivity contribution in [1.82, 2.24) is 0 Å². The monoisotopic (exact) mass is 584 g/mol. The summed E-state index contributed by atoms with van der Waals surface area (Å²) in [5, 5.41) is 9.02. The van der Waals surface area contributed by atoms with Crippen molar-refractivity contribution in [3.8, 4) is 22.3 Å². The van der Waals surface area contributed by atoms with E-state index in [0.717, 1.165) is 22.7 Å². The van der Waals surface area contributed by atoms with Crippen molar-refractivity contribution in [1.29, 1.82) is 0 Å². The zero-order chi connectivity index (χ0) is 28.8. The summed E-state index contributed by atoms with van der Waals surface area (Å²) in [6, 6.07) is 11.1. The van der Waals surface area contributed by atoms with Gasteiger partial charge >= 0.3 is 11.9 Å². The zero-order valence-corrected chi connectivity index (χ0v) is 22.8. The summed E-state index contributed by atoms with van der Waals surface area (Å²) in [5.41, 5.74) is 2.30. The van der Waals surface area contributed by atoms with Crippen molar-refractivity contribution < 1.29 is 37.4 Å². The number of carbonyl (C=O) groups excluding carboxylic acids is 4. The molecule has 8 nitrogen and oxygen atoms in total. The third kappa shape index (κ3) is 6.41. The van der Waals surface area contributed by atoms with Crippen LogP contribution in [0.5, 0.6) is 0 Å². The molecule has 40 heavy (non-hydrogen) atoms. The highest BCUT2D eigenvalue weighted by Gasteiger charge is 2.24. The molecular weight excluding hydrogens is 562 g/mol. The predicted octanol–water partition coefficient (Wildman–Crippen LogP) is 6.35. The van der Waals surface area contributed by atoms with Gasteiger partial charge in [-0.05, 0) is 35.4 Å². The molecule has 2 amide bonds. The van der Waals surface area contributed by atoms with E-state index in [4.69, 9.17) is 9.47 Å². The number of rotatable bonds is 9. The molecule has 2 aromatic carbocycles. The van der Waals surface area contributed by atoms with Gasteiger partial charge in [0, 0.05) is 34.7 Å². The Labute approximate surface area is 235 Å². The average molecular weight is 585 g/mol. The SMILES string of the molecule is COC(=O)c1c(-c2ccc(F)cc2)csc1NC(=O)CCC(=O)Nc1scc(-c2ccc(F)cc2)c1C(=O)OC. The minimum atomic E-state index is -0.682. The van der Waals surface area contributed by atoms with Gasteiger partial charge in [-0.3, -0.25) is 9.59 Å². The first kappa shape index (κ1) is 28.6. The number of anilines is 2. The number of thiophene rings is 2. The van der Waals surface area contributed by atoms with Crippen LogP contribution < -0.4 is 10.6 Å². The quantitative estimate of drug-likeness (QED) is 0.222. The number of benzene rings is 2. The van der Waals surface area contributed by atoms with Crippen molar-refractivity contribution >= 4 is 56.4 Å². The van der Waals surface area contributed by atoms with E-state index in [1.807, 2.05) is 0 Å². The van der Waals surface area contributed by atoms with Crippen LogP contribution in [0.3, 0.4) is 0 Å². The second kappa shape index (κ2) is 12.6. The van der Waals surface area contributed by atoms with Crippen molar-refractivity contribution in [3.63, 3.8) is 0 Å². The first-order valence-corrected chi connectivity index (χ1v) is 13.5. The predicted molar refractivity (Wildman–Crippen MR) is 149 cm³/mol. The number of halogens is 2. The fourth-order valence-corrected chi connectivity index (χ4v) is 5.75. The fraction of sp³-hybridized carbons (Fsp3) is 0.143. The molecule has 206 valence electrons. The fourth-order valence-electron chi connectivity index (χ4n) is 3.80. The number of esters is 2. The topological polar surface area (TPSA) is 111 Å². The molecule has 0 saturated carbocycles. The summed E-state index contributed by atoms with van der Waals surface area (Å²) in [6.07, 6.45) is -0.444. The number of hydrogen-bond donors (Lipinski definition) is 2. The molecule has 2 N–H and O–H groups in total. The van der Waals surface area contributed by atoms with E-state index in [1.54, 1.807) is 10.8 Å². The standard InChI is InChI=1S/C28H22F2N2O6S2/c1-37-27(35)23-19(15-3-7-17(29)8-4-15)13-39-25(23)31-21(33)11-12-22(34)32-26-24(28(36)38-2)20(14-40-26)16-5-9-18(30)10-6-16/h3-10,13-14H,11-12H2,1-2H3,(H,31,33)(H,32,34). The lowest BCUT2D eigenvalue weighted by Gasteiger charge is -2.09. The normalized spacial score (nSPS) is 10.6. The van der Waals surface area contributed by atoms with Crippen LogP contribution in [0.1, 0.15) is 33.6 Å². The molecule has 0 saturated heterocycles. The number of methoxy groups -OCH3 is 2. The molecule has 0 aliphatic heterocycles. The summed E-state index contributed by atoms with van der Waals surface area (Å²) in [4.78, 5) is 50.3. The van der Waals surface area contributed by atoms with E-state index >= 15 is 0 Å². The molecule has 0 radical (unpaired) electrons. The number of amides is 2. The van der Waals surface area contributed by atoms with Gasteiger partial charge in [-0.15, -0.1) is 22.7 Å². The van der Waals surface area contributed by atoms with E-state index in [1.165, 1.54) is 62.8 Å². The Kier molecular flexibility index (Phi) is 9.02. The molecule has 12 heteroatoms. The average Bonchev–Trinajstić information content (AvgIpc) is 3.56. The summed E-state index contributed by atoms with van der Waals surface area (Å²) in [5.74, 6) is -3.28. The van der Waals surface area contributed by atoms with Gasteiger partial charge in [0.05, 0.1) is 14.2 Å². The number of ether oxygens (including phenoxy) is 2. The first-order chi connectivity index (χ1) is 19.2. The Bertz CT molecular complexity index is 1440. The van der Waals surface area contributed by atoms with Crippen molar-refractivity contribution in [2.24, 2.45) is 0 Å². The molecule has 0 fully saturated rings. The molecule has 0 aliphatic rings. The van der Waals surface area contributed by atoms with Gasteiger partial charge in [-0.2, -0.15) is 0 Å². The summed E-state index contributed by atoms with van der Waals surface area (Å²) in [6.45, 7) is 0. The van der Waals surface area contributed by atoms with Crippen LogP contribution >= 0.6 is 22.7 Å². The lowest BCUT2D eigenvalue weighted by atomic mass is 10.0. The highest BCUT2D eigenvalue weighted by molar-refractivity contribution is 7.15. The number of hydrogen-bond acceptors (Lipinski definition) is 8. The molecule has 0 bridgehead atoms. The molecule has 0 unspecified atom stereocenters. The molecule has 4 rings (SSSR count). The summed E-state index contributed by atoms with van der Waals surface area (Å²) < 4.78 is 36.4. The molecule has 2 aromatic heterocycles. The largest absolute Gasteiger partial charge is 0.465 e. The maximum absolute atomic E-state index is 13.4. The van der Waals surface area contributed by atoms with E-state index in [9.17, 15) is 28.0 Å². The molecule has 0 aliphatic carbocycles. The minimum Gasteiger partial charge on any atom is -0.465 e. The maximum Gasteiger partial charge on any atom is 0.341 e. The number of carbonyl (C=O) groups is 4. The summed E-state index contributed by atoms with van der Waals surface area (Å²) in [7, 11) is 2.41. The van der Waals surface area contributed by atoms with Gasteiger partial charge in [-0.25, -0.2) is 18.4 Å². The summed E-state index contributed by atoms with van der Waals surface area (Å²) >= 11 is 2.19. The van der Waals surface area contributed by atoms with Gasteiger partial charge in [0.2, 0.25) is 11.8 Å². The van der Waals surface area contributed by atoms with Crippen LogP contribution in [0.2, 0.25) is 0 Å². The Morgan fingerprint density at radius 1 is 0.650 bits per heavy atom. The Hall–Kier alpha value is -4.42. The smallest absolute Gasteiger partial charge is 0.341 e. The van der Waals surface area contributed by atoms with E-state index in [0.29, 0.717) is 22.3 Å². The third-order valence-electron chi connectivity index (χ3n) is 5.76. The minimum absolute atomic E-state index is 0.117. The second-order valence-electron chi connectivity index (χ2n) is 8.30. The lowest BCUT2D eigenvalue weighted by molar-refractivity contribution is -0.121. The zero-order valence-electron chi connectivity index (χ0n) is 21.2. The van der Waals surface area contributed by atoms with Gasteiger partial charge < -0.3 is 20.1 Å². The van der Waals surface area contributed by atoms with Crippen molar-refractivity contribution in [3.05, 3.63) is 82.1 Å². The molecule has 0 spiro atoms.